The minimum atomic E-state index is -3.34. The molecule has 6 nitrogen and oxygen atoms in total. The van der Waals surface area contributed by atoms with Crippen LogP contribution in [0.2, 0.25) is 5.22 Å². The van der Waals surface area contributed by atoms with Gasteiger partial charge in [0, 0.05) is 7.05 Å². The largest absolute Gasteiger partial charge is 0.447 e. The molecule has 1 saturated carbocycles. The first-order valence-corrected chi connectivity index (χ1v) is 12.8. The summed E-state index contributed by atoms with van der Waals surface area (Å²) in [6.45, 7) is 4.04. The van der Waals surface area contributed by atoms with Crippen LogP contribution in [0.3, 0.4) is 0 Å². The molecule has 1 atom stereocenters. The highest BCUT2D eigenvalue weighted by Gasteiger charge is 2.52. The minimum absolute atomic E-state index is 0.0412. The molecule has 1 aliphatic heterocycles. The lowest BCUT2D eigenvalue weighted by atomic mass is 9.91. The van der Waals surface area contributed by atoms with E-state index in [1.807, 2.05) is 38.1 Å². The number of aryl methyl sites for hydroxylation is 2. The quantitative estimate of drug-likeness (QED) is 0.566. The van der Waals surface area contributed by atoms with Gasteiger partial charge in [-0.15, -0.1) is 0 Å². The molecule has 2 aromatic carbocycles. The van der Waals surface area contributed by atoms with Crippen molar-refractivity contribution in [2.24, 2.45) is 0 Å². The van der Waals surface area contributed by atoms with Gasteiger partial charge in [0.1, 0.15) is 11.8 Å². The zero-order valence-electron chi connectivity index (χ0n) is 18.7. The summed E-state index contributed by atoms with van der Waals surface area (Å²) in [6, 6.07) is 14.6. The summed E-state index contributed by atoms with van der Waals surface area (Å²) in [5, 5.41) is 3.46. The molecule has 1 unspecified atom stereocenters. The van der Waals surface area contributed by atoms with Gasteiger partial charge in [0.05, 0.1) is 16.9 Å². The molecule has 0 spiro atoms. The number of anilines is 1. The molecule has 1 aliphatic carbocycles. The fourth-order valence-corrected chi connectivity index (χ4v) is 6.17. The van der Waals surface area contributed by atoms with Crippen molar-refractivity contribution in [1.82, 2.24) is 5.32 Å². The van der Waals surface area contributed by atoms with Crippen LogP contribution in [0.5, 0.6) is 0 Å². The molecule has 0 radical (unpaired) electrons. The van der Waals surface area contributed by atoms with Crippen molar-refractivity contribution in [2.75, 3.05) is 11.4 Å². The lowest BCUT2D eigenvalue weighted by molar-refractivity contribution is -0.124. The Balaban J connectivity index is 1.48. The van der Waals surface area contributed by atoms with Gasteiger partial charge in [0.25, 0.3) is 0 Å². The third-order valence-electron chi connectivity index (χ3n) is 6.80. The third-order valence-corrected chi connectivity index (χ3v) is 8.71. The topological polar surface area (TPSA) is 79.6 Å². The molecule has 1 fully saturated rings. The van der Waals surface area contributed by atoms with Gasteiger partial charge < -0.3 is 9.73 Å². The predicted molar refractivity (Wildman–Crippen MR) is 128 cm³/mol. The molecule has 1 amide bonds. The SMILES string of the molecule is Cc1ccc(C(NC(=O)C2(c3ccc4c(c3)CS(=O)(=O)N4C)CC2)c2ccc(Cl)o2)c(C)c1. The van der Waals surface area contributed by atoms with Crippen molar-refractivity contribution < 1.29 is 17.6 Å². The maximum absolute atomic E-state index is 13.6. The molecule has 8 heteroatoms. The highest BCUT2D eigenvalue weighted by Crippen LogP contribution is 2.50. The molecule has 2 aliphatic rings. The number of hydrogen-bond acceptors (Lipinski definition) is 4. The number of nitrogens with zero attached hydrogens (tertiary/aromatic N) is 1. The number of carbonyl (C=O) groups excluding carboxylic acids is 1. The summed E-state index contributed by atoms with van der Waals surface area (Å²) in [5.74, 6) is 0.424. The van der Waals surface area contributed by atoms with E-state index in [0.717, 1.165) is 27.8 Å². The van der Waals surface area contributed by atoms with Gasteiger partial charge in [-0.2, -0.15) is 0 Å². The van der Waals surface area contributed by atoms with Crippen LogP contribution >= 0.6 is 11.6 Å². The zero-order valence-corrected chi connectivity index (χ0v) is 20.3. The van der Waals surface area contributed by atoms with E-state index in [9.17, 15) is 13.2 Å². The standard InChI is InChI=1S/C25H25ClN2O4S/c1-15-4-6-19(16(2)12-15)23(21-8-9-22(26)32-21)27-24(29)25(10-11-25)18-5-7-20-17(13-18)14-33(30,31)28(20)3/h4-9,12-13,23H,10-11,14H2,1-3H3,(H,27,29). The molecule has 3 aromatic rings. The number of fused-ring (bicyclic) bond motifs is 1. The zero-order chi connectivity index (χ0) is 23.5. The first-order valence-electron chi connectivity index (χ1n) is 10.8. The minimum Gasteiger partial charge on any atom is -0.447 e. The molecule has 0 bridgehead atoms. The number of hydrogen-bond donors (Lipinski definition) is 1. The summed E-state index contributed by atoms with van der Waals surface area (Å²) in [7, 11) is -1.78. The number of carbonyl (C=O) groups is 1. The second-order valence-corrected chi connectivity index (χ2v) is 11.4. The molecular weight excluding hydrogens is 460 g/mol. The fourth-order valence-electron chi connectivity index (χ4n) is 4.73. The maximum atomic E-state index is 13.6. The van der Waals surface area contributed by atoms with Crippen LogP contribution in [0.25, 0.3) is 0 Å². The van der Waals surface area contributed by atoms with Crippen molar-refractivity contribution in [3.05, 3.63) is 87.3 Å². The van der Waals surface area contributed by atoms with Crippen molar-refractivity contribution in [1.29, 1.82) is 0 Å². The van der Waals surface area contributed by atoms with Crippen LogP contribution in [0, 0.1) is 13.8 Å². The normalized spacial score (nSPS) is 18.6. The number of sulfonamides is 1. The van der Waals surface area contributed by atoms with Gasteiger partial charge >= 0.3 is 0 Å². The number of nitrogens with one attached hydrogen (secondary N) is 1. The average molecular weight is 485 g/mol. The van der Waals surface area contributed by atoms with Gasteiger partial charge in [0.15, 0.2) is 5.22 Å². The Kier molecular flexibility index (Phi) is 5.10. The summed E-state index contributed by atoms with van der Waals surface area (Å²) < 4.78 is 31.5. The highest BCUT2D eigenvalue weighted by atomic mass is 35.5. The second kappa shape index (κ2) is 7.64. The van der Waals surface area contributed by atoms with Crippen molar-refractivity contribution >= 4 is 33.2 Å². The van der Waals surface area contributed by atoms with Crippen LogP contribution < -0.4 is 9.62 Å². The lowest BCUT2D eigenvalue weighted by Crippen LogP contribution is -2.38. The first kappa shape index (κ1) is 22.0. The van der Waals surface area contributed by atoms with E-state index in [1.54, 1.807) is 25.2 Å². The van der Waals surface area contributed by atoms with Crippen LogP contribution in [0.4, 0.5) is 5.69 Å². The molecular formula is C25H25ClN2O4S. The van der Waals surface area contributed by atoms with E-state index in [0.29, 0.717) is 24.3 Å². The molecule has 5 rings (SSSR count). The van der Waals surface area contributed by atoms with Gasteiger partial charge in [0.2, 0.25) is 15.9 Å². The third kappa shape index (κ3) is 3.73. The van der Waals surface area contributed by atoms with Crippen LogP contribution in [0.15, 0.2) is 52.9 Å². The summed E-state index contributed by atoms with van der Waals surface area (Å²) in [5.41, 5.74) is 4.70. The fraction of sp³-hybridized carbons (Fsp3) is 0.320. The van der Waals surface area contributed by atoms with Crippen LogP contribution in [0.1, 0.15) is 52.5 Å². The molecule has 172 valence electrons. The number of rotatable bonds is 5. The molecule has 1 N–H and O–H groups in total. The second-order valence-electron chi connectivity index (χ2n) is 9.06. The summed E-state index contributed by atoms with van der Waals surface area (Å²) in [4.78, 5) is 13.6. The Labute approximate surface area is 198 Å². The van der Waals surface area contributed by atoms with E-state index >= 15 is 0 Å². The summed E-state index contributed by atoms with van der Waals surface area (Å²) >= 11 is 6.05. The highest BCUT2D eigenvalue weighted by molar-refractivity contribution is 7.92. The van der Waals surface area contributed by atoms with Gasteiger partial charge in [-0.05, 0) is 78.7 Å². The Hall–Kier alpha value is -2.77. The van der Waals surface area contributed by atoms with E-state index in [1.165, 1.54) is 4.31 Å². The van der Waals surface area contributed by atoms with E-state index < -0.39 is 21.5 Å². The Morgan fingerprint density at radius 1 is 1.12 bits per heavy atom. The molecule has 0 saturated heterocycles. The molecule has 1 aromatic heterocycles. The van der Waals surface area contributed by atoms with Gasteiger partial charge in [-0.3, -0.25) is 9.10 Å². The van der Waals surface area contributed by atoms with Gasteiger partial charge in [-0.25, -0.2) is 8.42 Å². The van der Waals surface area contributed by atoms with E-state index in [-0.39, 0.29) is 16.9 Å². The number of amides is 1. The Morgan fingerprint density at radius 3 is 2.52 bits per heavy atom. The number of halogens is 1. The Morgan fingerprint density at radius 2 is 1.88 bits per heavy atom. The van der Waals surface area contributed by atoms with E-state index in [4.69, 9.17) is 16.0 Å². The molecule has 33 heavy (non-hydrogen) atoms. The number of benzene rings is 2. The molecule has 2 heterocycles. The average Bonchev–Trinajstić information content (AvgIpc) is 3.40. The lowest BCUT2D eigenvalue weighted by Gasteiger charge is -2.24. The van der Waals surface area contributed by atoms with Crippen molar-refractivity contribution in [3.63, 3.8) is 0 Å². The van der Waals surface area contributed by atoms with Crippen molar-refractivity contribution in [3.8, 4) is 0 Å². The van der Waals surface area contributed by atoms with Crippen molar-refractivity contribution in [2.45, 2.75) is 43.9 Å². The van der Waals surface area contributed by atoms with Crippen LogP contribution in [-0.2, 0) is 26.0 Å². The maximum Gasteiger partial charge on any atom is 0.239 e. The van der Waals surface area contributed by atoms with Gasteiger partial charge in [-0.1, -0.05) is 35.9 Å². The first-order chi connectivity index (χ1) is 15.6. The summed E-state index contributed by atoms with van der Waals surface area (Å²) in [6.07, 6.45) is 1.41. The van der Waals surface area contributed by atoms with Crippen LogP contribution in [-0.4, -0.2) is 21.4 Å². The number of furan rings is 1. The predicted octanol–water partition coefficient (Wildman–Crippen LogP) is 4.77. The smallest absolute Gasteiger partial charge is 0.239 e. The Bertz CT molecular complexity index is 1370. The van der Waals surface area contributed by atoms with E-state index in [2.05, 4.69) is 11.4 Å². The monoisotopic (exact) mass is 484 g/mol.